The average molecular weight is 469 g/mol. The topological polar surface area (TPSA) is 6.48 Å². The molecular weight excluding hydrogens is 435 g/mol. The first kappa shape index (κ1) is 25.3. The molecule has 0 aliphatic carbocycles. The molecule has 2 aromatic carbocycles. The minimum absolute atomic E-state index is 0.131. The number of halogens is 5. The second-order valence-corrected chi connectivity index (χ2v) is 9.31. The Morgan fingerprint density at radius 2 is 1.21 bits per heavy atom. The molecule has 0 unspecified atom stereocenters. The SMILES string of the molecule is CC(C)N1CCCc2ccc(C(F)(F)F)cc21.CC(C)N1CCCc2ccc(C(F)F)cc21. The Labute approximate surface area is 193 Å². The molecule has 4 rings (SSSR count). The number of alkyl halides is 5. The summed E-state index contributed by atoms with van der Waals surface area (Å²) < 4.78 is 63.3. The van der Waals surface area contributed by atoms with Crippen LogP contribution in [0.3, 0.4) is 0 Å². The maximum atomic E-state index is 12.7. The normalized spacial score (nSPS) is 16.0. The highest BCUT2D eigenvalue weighted by atomic mass is 19.4. The highest BCUT2D eigenvalue weighted by molar-refractivity contribution is 5.59. The van der Waals surface area contributed by atoms with Gasteiger partial charge in [0, 0.05) is 42.1 Å². The minimum atomic E-state index is -4.25. The Morgan fingerprint density at radius 1 is 0.727 bits per heavy atom. The van der Waals surface area contributed by atoms with E-state index in [1.165, 1.54) is 17.7 Å². The van der Waals surface area contributed by atoms with E-state index in [1.807, 2.05) is 24.8 Å². The van der Waals surface area contributed by atoms with Crippen LogP contribution in [0.2, 0.25) is 0 Å². The van der Waals surface area contributed by atoms with Crippen LogP contribution in [0.25, 0.3) is 0 Å². The summed E-state index contributed by atoms with van der Waals surface area (Å²) >= 11 is 0. The number of nitrogens with zero attached hydrogens (tertiary/aromatic N) is 2. The molecule has 0 radical (unpaired) electrons. The Morgan fingerprint density at radius 3 is 1.67 bits per heavy atom. The second-order valence-electron chi connectivity index (χ2n) is 9.31. The molecule has 0 spiro atoms. The molecule has 0 saturated heterocycles. The van der Waals surface area contributed by atoms with Gasteiger partial charge < -0.3 is 9.80 Å². The van der Waals surface area contributed by atoms with E-state index in [9.17, 15) is 22.0 Å². The zero-order valence-electron chi connectivity index (χ0n) is 19.7. The van der Waals surface area contributed by atoms with E-state index in [4.69, 9.17) is 0 Å². The number of anilines is 2. The number of fused-ring (bicyclic) bond motifs is 2. The lowest BCUT2D eigenvalue weighted by molar-refractivity contribution is -0.137. The molecule has 7 heteroatoms. The fraction of sp³-hybridized carbons (Fsp3) is 0.538. The van der Waals surface area contributed by atoms with Crippen molar-refractivity contribution in [3.8, 4) is 0 Å². The van der Waals surface area contributed by atoms with Gasteiger partial charge >= 0.3 is 6.18 Å². The van der Waals surface area contributed by atoms with Crippen LogP contribution >= 0.6 is 0 Å². The number of benzene rings is 2. The molecule has 2 aromatic rings. The van der Waals surface area contributed by atoms with Gasteiger partial charge in [0.05, 0.1) is 5.56 Å². The second kappa shape index (κ2) is 10.3. The van der Waals surface area contributed by atoms with Crippen molar-refractivity contribution in [3.63, 3.8) is 0 Å². The third-order valence-electron chi connectivity index (χ3n) is 6.33. The molecule has 2 aliphatic heterocycles. The van der Waals surface area contributed by atoms with E-state index >= 15 is 0 Å². The predicted octanol–water partition coefficient (Wildman–Crippen LogP) is 7.65. The molecule has 0 saturated carbocycles. The molecule has 0 N–H and O–H groups in total. The van der Waals surface area contributed by atoms with Crippen molar-refractivity contribution in [2.24, 2.45) is 0 Å². The maximum absolute atomic E-state index is 12.7. The Balaban J connectivity index is 0.000000186. The Hall–Kier alpha value is -2.31. The third kappa shape index (κ3) is 5.98. The Bertz CT molecular complexity index is 937. The molecule has 33 heavy (non-hydrogen) atoms. The van der Waals surface area contributed by atoms with Crippen molar-refractivity contribution in [2.45, 2.75) is 78.1 Å². The van der Waals surface area contributed by atoms with Gasteiger partial charge in [-0.05, 0) is 82.7 Å². The molecule has 2 heterocycles. The number of aryl methyl sites for hydroxylation is 2. The van der Waals surface area contributed by atoms with Gasteiger partial charge in [-0.15, -0.1) is 0 Å². The van der Waals surface area contributed by atoms with Gasteiger partial charge in [0.25, 0.3) is 6.43 Å². The predicted molar refractivity (Wildman–Crippen MR) is 124 cm³/mol. The first-order valence-electron chi connectivity index (χ1n) is 11.6. The number of hydrogen-bond donors (Lipinski definition) is 0. The van der Waals surface area contributed by atoms with Crippen LogP contribution in [0.1, 0.15) is 69.2 Å². The van der Waals surface area contributed by atoms with E-state index in [-0.39, 0.29) is 11.6 Å². The molecule has 182 valence electrons. The zero-order chi connectivity index (χ0) is 24.3. The van der Waals surface area contributed by atoms with Crippen molar-refractivity contribution in [3.05, 3.63) is 58.7 Å². The fourth-order valence-electron chi connectivity index (χ4n) is 4.61. The minimum Gasteiger partial charge on any atom is -0.369 e. The lowest BCUT2D eigenvalue weighted by Gasteiger charge is -2.35. The van der Waals surface area contributed by atoms with Crippen molar-refractivity contribution >= 4 is 11.4 Å². The van der Waals surface area contributed by atoms with Crippen molar-refractivity contribution in [1.82, 2.24) is 0 Å². The van der Waals surface area contributed by atoms with Crippen LogP contribution < -0.4 is 9.80 Å². The van der Waals surface area contributed by atoms with Crippen molar-refractivity contribution in [2.75, 3.05) is 22.9 Å². The van der Waals surface area contributed by atoms with Crippen LogP contribution in [0, 0.1) is 0 Å². The summed E-state index contributed by atoms with van der Waals surface area (Å²) in [6.07, 6.45) is -2.63. The standard InChI is InChI=1S/C13H16F3N.C13H17F2N/c1-9(2)17-7-3-4-10-5-6-11(8-12(10)17)13(14,15)16;1-9(2)16-7-3-4-10-5-6-11(13(14)15)8-12(10)16/h5-6,8-9H,3-4,7H2,1-2H3;5-6,8-9,13H,3-4,7H2,1-2H3. The van der Waals surface area contributed by atoms with Gasteiger partial charge in [-0.1, -0.05) is 18.2 Å². The molecular formula is C26H33F5N2. The Kier molecular flexibility index (Phi) is 7.91. The van der Waals surface area contributed by atoms with Crippen LogP contribution in [-0.4, -0.2) is 25.2 Å². The molecule has 0 atom stereocenters. The van der Waals surface area contributed by atoms with E-state index in [0.717, 1.165) is 55.7 Å². The summed E-state index contributed by atoms with van der Waals surface area (Å²) in [5.74, 6) is 0. The lowest BCUT2D eigenvalue weighted by atomic mass is 9.98. The number of hydrogen-bond acceptors (Lipinski definition) is 2. The summed E-state index contributed by atoms with van der Waals surface area (Å²) in [6.45, 7) is 10.0. The largest absolute Gasteiger partial charge is 0.416 e. The highest BCUT2D eigenvalue weighted by Crippen LogP contribution is 2.36. The van der Waals surface area contributed by atoms with Gasteiger partial charge in [-0.2, -0.15) is 13.2 Å². The van der Waals surface area contributed by atoms with Crippen molar-refractivity contribution in [1.29, 1.82) is 0 Å². The van der Waals surface area contributed by atoms with E-state index < -0.39 is 18.2 Å². The van der Waals surface area contributed by atoms with E-state index in [1.54, 1.807) is 18.2 Å². The molecule has 0 amide bonds. The highest BCUT2D eigenvalue weighted by Gasteiger charge is 2.32. The van der Waals surface area contributed by atoms with Gasteiger partial charge in [0.1, 0.15) is 0 Å². The van der Waals surface area contributed by atoms with Gasteiger partial charge in [-0.25, -0.2) is 8.78 Å². The van der Waals surface area contributed by atoms with Crippen LogP contribution in [-0.2, 0) is 19.0 Å². The number of rotatable bonds is 3. The van der Waals surface area contributed by atoms with Crippen LogP contribution in [0.4, 0.5) is 33.3 Å². The fourth-order valence-corrected chi connectivity index (χ4v) is 4.61. The van der Waals surface area contributed by atoms with Gasteiger partial charge in [-0.3, -0.25) is 0 Å². The maximum Gasteiger partial charge on any atom is 0.416 e. The van der Waals surface area contributed by atoms with Crippen LogP contribution in [0.15, 0.2) is 36.4 Å². The first-order valence-corrected chi connectivity index (χ1v) is 11.6. The van der Waals surface area contributed by atoms with Gasteiger partial charge in [0.15, 0.2) is 0 Å². The summed E-state index contributed by atoms with van der Waals surface area (Å²) in [5.41, 5.74) is 3.55. The molecule has 0 bridgehead atoms. The molecule has 2 aliphatic rings. The smallest absolute Gasteiger partial charge is 0.369 e. The third-order valence-corrected chi connectivity index (χ3v) is 6.33. The zero-order valence-corrected chi connectivity index (χ0v) is 19.7. The summed E-state index contributed by atoms with van der Waals surface area (Å²) in [6, 6.07) is 9.74. The first-order chi connectivity index (χ1) is 15.5. The van der Waals surface area contributed by atoms with E-state index in [0.29, 0.717) is 6.04 Å². The van der Waals surface area contributed by atoms with E-state index in [2.05, 4.69) is 18.7 Å². The summed E-state index contributed by atoms with van der Waals surface area (Å²) in [5, 5.41) is 0. The molecule has 0 aromatic heterocycles. The summed E-state index contributed by atoms with van der Waals surface area (Å²) in [7, 11) is 0. The monoisotopic (exact) mass is 468 g/mol. The van der Waals surface area contributed by atoms with Gasteiger partial charge in [0.2, 0.25) is 0 Å². The average Bonchev–Trinajstić information content (AvgIpc) is 2.77. The lowest BCUT2D eigenvalue weighted by Crippen LogP contribution is -2.35. The van der Waals surface area contributed by atoms with Crippen LogP contribution in [0.5, 0.6) is 0 Å². The quantitative estimate of drug-likeness (QED) is 0.427. The summed E-state index contributed by atoms with van der Waals surface area (Å²) in [4.78, 5) is 4.26. The molecule has 2 nitrogen and oxygen atoms in total. The van der Waals surface area contributed by atoms with Crippen molar-refractivity contribution < 1.29 is 22.0 Å². The molecule has 0 fully saturated rings.